The molecule has 12 rings (SSSR count). The maximum absolute atomic E-state index is 6.69. The van der Waals surface area contributed by atoms with Gasteiger partial charge in [0.05, 0.1) is 0 Å². The molecule has 2 heterocycles. The number of rotatable bonds is 2. The average Bonchev–Trinajstić information content (AvgIpc) is 3.84. The SMILES string of the molecule is CC1(C)c2ccccc2-c2ccc(-c3c4ccccc4c(-c4ccc5c(c4)oc4ccc6oc7c8ccccc8ccc7c6c45)c4ccccc34)cc21. The lowest BCUT2D eigenvalue weighted by atomic mass is 9.80. The van der Waals surface area contributed by atoms with Gasteiger partial charge in [-0.2, -0.15) is 0 Å². The van der Waals surface area contributed by atoms with Gasteiger partial charge >= 0.3 is 0 Å². The van der Waals surface area contributed by atoms with Gasteiger partial charge in [0, 0.05) is 32.3 Å². The second-order valence-corrected chi connectivity index (χ2v) is 15.2. The lowest BCUT2D eigenvalue weighted by Crippen LogP contribution is -2.14. The molecule has 0 N–H and O–H groups in total. The third-order valence-electron chi connectivity index (χ3n) is 12.1. The van der Waals surface area contributed by atoms with Crippen molar-refractivity contribution in [2.45, 2.75) is 19.3 Å². The molecule has 11 aromatic rings. The lowest BCUT2D eigenvalue weighted by Gasteiger charge is -2.23. The molecule has 0 radical (unpaired) electrons. The molecule has 0 aliphatic heterocycles. The minimum absolute atomic E-state index is 0.0718. The Balaban J connectivity index is 1.09. The molecule has 1 aliphatic rings. The Morgan fingerprint density at radius 3 is 1.66 bits per heavy atom. The Morgan fingerprint density at radius 2 is 0.925 bits per heavy atom. The molecular weight excluding hydrogens is 645 g/mol. The van der Waals surface area contributed by atoms with E-state index in [9.17, 15) is 0 Å². The first-order valence-corrected chi connectivity index (χ1v) is 18.4. The first kappa shape index (κ1) is 29.0. The van der Waals surface area contributed by atoms with E-state index in [-0.39, 0.29) is 5.41 Å². The number of hydrogen-bond donors (Lipinski definition) is 0. The van der Waals surface area contributed by atoms with Crippen molar-refractivity contribution >= 4 is 76.2 Å². The van der Waals surface area contributed by atoms with Crippen LogP contribution in [0.5, 0.6) is 0 Å². The number of furan rings is 2. The van der Waals surface area contributed by atoms with Crippen LogP contribution >= 0.6 is 0 Å². The molecule has 53 heavy (non-hydrogen) atoms. The smallest absolute Gasteiger partial charge is 0.143 e. The zero-order valence-electron chi connectivity index (χ0n) is 29.3. The Morgan fingerprint density at radius 1 is 0.377 bits per heavy atom. The van der Waals surface area contributed by atoms with E-state index in [0.29, 0.717) is 0 Å². The molecule has 0 unspecified atom stereocenters. The standard InChI is InChI=1S/C51H32O2/c1-51(2)41-18-10-9-13-33(41)34-22-20-30(27-42(34)51)46-35-14-5-7-16-37(35)47(38-17-8-6-15-36(38)46)31-21-23-39-45(28-31)52-43-25-26-44-49(48(39)43)40-24-19-29-11-3-4-12-32(29)50(40)53-44/h3-28H,1-2H3. The van der Waals surface area contributed by atoms with E-state index in [2.05, 4.69) is 166 Å². The predicted molar refractivity (Wildman–Crippen MR) is 222 cm³/mol. The number of benzene rings is 9. The molecule has 0 amide bonds. The van der Waals surface area contributed by atoms with Crippen LogP contribution in [-0.4, -0.2) is 0 Å². The lowest BCUT2D eigenvalue weighted by molar-refractivity contribution is 0.660. The third kappa shape index (κ3) is 3.82. The Bertz CT molecular complexity index is 3310. The molecule has 9 aromatic carbocycles. The summed E-state index contributed by atoms with van der Waals surface area (Å²) in [6.45, 7) is 4.72. The minimum Gasteiger partial charge on any atom is -0.456 e. The molecule has 0 saturated carbocycles. The van der Waals surface area contributed by atoms with Crippen LogP contribution in [0.4, 0.5) is 0 Å². The Hall–Kier alpha value is -6.64. The van der Waals surface area contributed by atoms with Crippen molar-refractivity contribution in [3.05, 3.63) is 169 Å². The topological polar surface area (TPSA) is 26.3 Å². The summed E-state index contributed by atoms with van der Waals surface area (Å²) in [5.41, 5.74) is 13.8. The second kappa shape index (κ2) is 10.2. The fraction of sp³-hybridized carbons (Fsp3) is 0.0588. The van der Waals surface area contributed by atoms with Crippen LogP contribution in [0.25, 0.3) is 110 Å². The summed E-state index contributed by atoms with van der Waals surface area (Å²) in [7, 11) is 0. The second-order valence-electron chi connectivity index (χ2n) is 15.2. The quantitative estimate of drug-likeness (QED) is 0.170. The van der Waals surface area contributed by atoms with Gasteiger partial charge in [0.2, 0.25) is 0 Å². The highest BCUT2D eigenvalue weighted by Crippen LogP contribution is 2.51. The molecule has 0 fully saturated rings. The summed E-state index contributed by atoms with van der Waals surface area (Å²) in [6.07, 6.45) is 0. The van der Waals surface area contributed by atoms with E-state index >= 15 is 0 Å². The third-order valence-corrected chi connectivity index (χ3v) is 12.1. The van der Waals surface area contributed by atoms with Gasteiger partial charge in [-0.05, 0) is 108 Å². The molecule has 2 heteroatoms. The maximum Gasteiger partial charge on any atom is 0.143 e. The van der Waals surface area contributed by atoms with E-state index in [1.807, 2.05) is 6.07 Å². The van der Waals surface area contributed by atoms with Gasteiger partial charge in [0.1, 0.15) is 22.3 Å². The van der Waals surface area contributed by atoms with Crippen LogP contribution in [-0.2, 0) is 5.41 Å². The highest BCUT2D eigenvalue weighted by molar-refractivity contribution is 6.29. The molecule has 2 nitrogen and oxygen atoms in total. The summed E-state index contributed by atoms with van der Waals surface area (Å²) in [6, 6.07) is 57.5. The van der Waals surface area contributed by atoms with Crippen molar-refractivity contribution in [2.75, 3.05) is 0 Å². The molecular formula is C51H32O2. The van der Waals surface area contributed by atoms with E-state index in [1.165, 1.54) is 65.9 Å². The van der Waals surface area contributed by atoms with Gasteiger partial charge < -0.3 is 8.83 Å². The first-order valence-electron chi connectivity index (χ1n) is 18.4. The van der Waals surface area contributed by atoms with Gasteiger partial charge in [0.25, 0.3) is 0 Å². The Kier molecular flexibility index (Phi) is 5.60. The van der Waals surface area contributed by atoms with Crippen molar-refractivity contribution in [3.8, 4) is 33.4 Å². The first-order chi connectivity index (χ1) is 26.0. The highest BCUT2D eigenvalue weighted by Gasteiger charge is 2.35. The fourth-order valence-electron chi connectivity index (χ4n) is 9.63. The van der Waals surface area contributed by atoms with Crippen LogP contribution < -0.4 is 0 Å². The highest BCUT2D eigenvalue weighted by atomic mass is 16.3. The predicted octanol–water partition coefficient (Wildman–Crippen LogP) is 14.6. The van der Waals surface area contributed by atoms with Crippen LogP contribution in [0.2, 0.25) is 0 Å². The zero-order valence-corrected chi connectivity index (χ0v) is 29.3. The molecule has 2 aromatic heterocycles. The van der Waals surface area contributed by atoms with Gasteiger partial charge in [-0.1, -0.05) is 135 Å². The molecule has 248 valence electrons. The van der Waals surface area contributed by atoms with Gasteiger partial charge in [-0.25, -0.2) is 0 Å². The van der Waals surface area contributed by atoms with Gasteiger partial charge in [-0.15, -0.1) is 0 Å². The van der Waals surface area contributed by atoms with Crippen molar-refractivity contribution < 1.29 is 8.83 Å². The summed E-state index contributed by atoms with van der Waals surface area (Å²) >= 11 is 0. The average molecular weight is 677 g/mol. The van der Waals surface area contributed by atoms with Crippen molar-refractivity contribution in [1.29, 1.82) is 0 Å². The van der Waals surface area contributed by atoms with Crippen LogP contribution in [0.15, 0.2) is 167 Å². The largest absolute Gasteiger partial charge is 0.456 e. The molecule has 1 aliphatic carbocycles. The molecule has 0 atom stereocenters. The number of fused-ring (bicyclic) bond motifs is 14. The normalized spacial score (nSPS) is 13.6. The zero-order chi connectivity index (χ0) is 35.0. The minimum atomic E-state index is -0.0718. The van der Waals surface area contributed by atoms with Crippen molar-refractivity contribution in [2.24, 2.45) is 0 Å². The molecule has 0 saturated heterocycles. The molecule has 0 spiro atoms. The van der Waals surface area contributed by atoms with Crippen LogP contribution in [0.3, 0.4) is 0 Å². The van der Waals surface area contributed by atoms with E-state index in [1.54, 1.807) is 0 Å². The van der Waals surface area contributed by atoms with E-state index in [4.69, 9.17) is 8.83 Å². The molecule has 0 bridgehead atoms. The van der Waals surface area contributed by atoms with E-state index in [0.717, 1.165) is 54.8 Å². The maximum atomic E-state index is 6.69. The fourth-order valence-corrected chi connectivity index (χ4v) is 9.63. The summed E-state index contributed by atoms with van der Waals surface area (Å²) in [5, 5.41) is 11.7. The van der Waals surface area contributed by atoms with Crippen LogP contribution in [0, 0.1) is 0 Å². The Labute approximate surface area is 305 Å². The van der Waals surface area contributed by atoms with Crippen LogP contribution in [0.1, 0.15) is 25.0 Å². The van der Waals surface area contributed by atoms with Gasteiger partial charge in [-0.3, -0.25) is 0 Å². The van der Waals surface area contributed by atoms with Crippen molar-refractivity contribution in [3.63, 3.8) is 0 Å². The number of hydrogen-bond acceptors (Lipinski definition) is 2. The summed E-state index contributed by atoms with van der Waals surface area (Å²) in [4.78, 5) is 0. The summed E-state index contributed by atoms with van der Waals surface area (Å²) < 4.78 is 13.2. The van der Waals surface area contributed by atoms with Crippen molar-refractivity contribution in [1.82, 2.24) is 0 Å². The monoisotopic (exact) mass is 676 g/mol. The van der Waals surface area contributed by atoms with E-state index < -0.39 is 0 Å². The summed E-state index contributed by atoms with van der Waals surface area (Å²) in [5.74, 6) is 0. The van der Waals surface area contributed by atoms with Gasteiger partial charge in [0.15, 0.2) is 0 Å².